The third-order valence-corrected chi connectivity index (χ3v) is 3.35. The SMILES string of the molecule is CN1CCN(CC(=O)NN2CCCC2)CC1. The van der Waals surface area contributed by atoms with Crippen molar-refractivity contribution in [1.29, 1.82) is 0 Å². The number of piperazine rings is 1. The fraction of sp³-hybridized carbons (Fsp3) is 0.909. The van der Waals surface area contributed by atoms with Crippen molar-refractivity contribution in [2.75, 3.05) is 52.9 Å². The van der Waals surface area contributed by atoms with Crippen molar-refractivity contribution in [3.05, 3.63) is 0 Å². The van der Waals surface area contributed by atoms with Gasteiger partial charge in [0.05, 0.1) is 6.54 Å². The van der Waals surface area contributed by atoms with Crippen LogP contribution in [0.2, 0.25) is 0 Å². The Kier molecular flexibility index (Phi) is 4.15. The largest absolute Gasteiger partial charge is 0.304 e. The van der Waals surface area contributed by atoms with E-state index in [1.807, 2.05) is 5.01 Å². The highest BCUT2D eigenvalue weighted by atomic mass is 16.2. The van der Waals surface area contributed by atoms with E-state index < -0.39 is 0 Å². The third-order valence-electron chi connectivity index (χ3n) is 3.35. The van der Waals surface area contributed by atoms with Gasteiger partial charge in [0.2, 0.25) is 5.91 Å². The molecule has 2 aliphatic heterocycles. The predicted molar refractivity (Wildman–Crippen MR) is 62.9 cm³/mol. The number of hydrogen-bond donors (Lipinski definition) is 1. The molecule has 0 spiro atoms. The molecule has 0 bridgehead atoms. The van der Waals surface area contributed by atoms with Crippen molar-refractivity contribution in [3.63, 3.8) is 0 Å². The van der Waals surface area contributed by atoms with Crippen LogP contribution in [0.1, 0.15) is 12.8 Å². The van der Waals surface area contributed by atoms with E-state index in [1.165, 1.54) is 12.8 Å². The fourth-order valence-electron chi connectivity index (χ4n) is 2.25. The zero-order valence-corrected chi connectivity index (χ0v) is 10.1. The van der Waals surface area contributed by atoms with Crippen molar-refractivity contribution < 1.29 is 4.79 Å². The van der Waals surface area contributed by atoms with E-state index in [0.717, 1.165) is 39.3 Å². The minimum absolute atomic E-state index is 0.145. The van der Waals surface area contributed by atoms with E-state index in [4.69, 9.17) is 0 Å². The number of rotatable bonds is 3. The molecule has 0 saturated carbocycles. The van der Waals surface area contributed by atoms with Crippen LogP contribution in [0.4, 0.5) is 0 Å². The molecular weight excluding hydrogens is 204 g/mol. The van der Waals surface area contributed by atoms with Crippen molar-refractivity contribution in [3.8, 4) is 0 Å². The molecule has 0 aromatic rings. The highest BCUT2D eigenvalue weighted by molar-refractivity contribution is 5.77. The lowest BCUT2D eigenvalue weighted by Crippen LogP contribution is -2.50. The van der Waals surface area contributed by atoms with Gasteiger partial charge in [-0.15, -0.1) is 0 Å². The Labute approximate surface area is 97.3 Å². The van der Waals surface area contributed by atoms with Gasteiger partial charge in [0.1, 0.15) is 0 Å². The number of hydrazine groups is 1. The Balaban J connectivity index is 1.66. The zero-order valence-electron chi connectivity index (χ0n) is 10.1. The molecule has 92 valence electrons. The lowest BCUT2D eigenvalue weighted by atomic mass is 10.3. The summed E-state index contributed by atoms with van der Waals surface area (Å²) in [6.07, 6.45) is 2.41. The molecule has 5 heteroatoms. The molecule has 5 nitrogen and oxygen atoms in total. The average Bonchev–Trinajstić information content (AvgIpc) is 2.74. The monoisotopic (exact) mass is 226 g/mol. The molecule has 0 unspecified atom stereocenters. The molecule has 2 aliphatic rings. The summed E-state index contributed by atoms with van der Waals surface area (Å²) in [5.41, 5.74) is 2.98. The molecule has 2 saturated heterocycles. The number of hydrogen-bond acceptors (Lipinski definition) is 4. The van der Waals surface area contributed by atoms with Crippen LogP contribution in [0.15, 0.2) is 0 Å². The van der Waals surface area contributed by atoms with Gasteiger partial charge in [-0.05, 0) is 19.9 Å². The van der Waals surface area contributed by atoms with Crippen LogP contribution in [0.5, 0.6) is 0 Å². The lowest BCUT2D eigenvalue weighted by molar-refractivity contribution is -0.127. The minimum atomic E-state index is 0.145. The zero-order chi connectivity index (χ0) is 11.4. The first-order valence-corrected chi connectivity index (χ1v) is 6.19. The first kappa shape index (κ1) is 11.8. The van der Waals surface area contributed by atoms with E-state index in [1.54, 1.807) is 0 Å². The van der Waals surface area contributed by atoms with Gasteiger partial charge in [0.15, 0.2) is 0 Å². The summed E-state index contributed by atoms with van der Waals surface area (Å²) in [5.74, 6) is 0.145. The number of nitrogens with one attached hydrogen (secondary N) is 1. The second-order valence-electron chi connectivity index (χ2n) is 4.81. The molecule has 2 fully saturated rings. The number of nitrogens with zero attached hydrogens (tertiary/aromatic N) is 3. The van der Waals surface area contributed by atoms with Gasteiger partial charge in [0, 0.05) is 39.3 Å². The molecule has 0 aromatic carbocycles. The first-order valence-electron chi connectivity index (χ1n) is 6.19. The summed E-state index contributed by atoms with van der Waals surface area (Å²) in [6.45, 7) is 6.70. The van der Waals surface area contributed by atoms with Gasteiger partial charge < -0.3 is 4.90 Å². The Hall–Kier alpha value is -0.650. The van der Waals surface area contributed by atoms with Gasteiger partial charge in [-0.1, -0.05) is 0 Å². The van der Waals surface area contributed by atoms with Crippen molar-refractivity contribution in [1.82, 2.24) is 20.2 Å². The maximum atomic E-state index is 11.7. The quantitative estimate of drug-likeness (QED) is 0.695. The number of likely N-dealkylation sites (N-methyl/N-ethyl adjacent to an activating group) is 1. The Morgan fingerprint density at radius 2 is 1.69 bits per heavy atom. The van der Waals surface area contributed by atoms with Gasteiger partial charge in [-0.25, -0.2) is 5.01 Å². The standard InChI is InChI=1S/C11H22N4O/c1-13-6-8-14(9-7-13)10-11(16)12-15-4-2-3-5-15/h2-10H2,1H3,(H,12,16). The second kappa shape index (κ2) is 5.61. The maximum Gasteiger partial charge on any atom is 0.248 e. The molecular formula is C11H22N4O. The molecule has 2 heterocycles. The Morgan fingerprint density at radius 1 is 1.06 bits per heavy atom. The summed E-state index contributed by atoms with van der Waals surface area (Å²) >= 11 is 0. The van der Waals surface area contributed by atoms with E-state index in [0.29, 0.717) is 6.54 Å². The highest BCUT2D eigenvalue weighted by Gasteiger charge is 2.18. The summed E-state index contributed by atoms with van der Waals surface area (Å²) in [6, 6.07) is 0. The van der Waals surface area contributed by atoms with Crippen LogP contribution >= 0.6 is 0 Å². The molecule has 0 radical (unpaired) electrons. The second-order valence-corrected chi connectivity index (χ2v) is 4.81. The van der Waals surface area contributed by atoms with Gasteiger partial charge in [-0.2, -0.15) is 0 Å². The van der Waals surface area contributed by atoms with E-state index in [9.17, 15) is 4.79 Å². The summed E-state index contributed by atoms with van der Waals surface area (Å²) in [7, 11) is 2.13. The summed E-state index contributed by atoms with van der Waals surface area (Å²) in [4.78, 5) is 16.3. The van der Waals surface area contributed by atoms with Crippen LogP contribution in [0, 0.1) is 0 Å². The van der Waals surface area contributed by atoms with Gasteiger partial charge in [0.25, 0.3) is 0 Å². The van der Waals surface area contributed by atoms with Crippen LogP contribution in [0.3, 0.4) is 0 Å². The van der Waals surface area contributed by atoms with E-state index >= 15 is 0 Å². The topological polar surface area (TPSA) is 38.8 Å². The van der Waals surface area contributed by atoms with Crippen LogP contribution < -0.4 is 5.43 Å². The minimum Gasteiger partial charge on any atom is -0.304 e. The van der Waals surface area contributed by atoms with Crippen molar-refractivity contribution >= 4 is 5.91 Å². The van der Waals surface area contributed by atoms with Gasteiger partial charge >= 0.3 is 0 Å². The molecule has 0 aliphatic carbocycles. The van der Waals surface area contributed by atoms with E-state index in [2.05, 4.69) is 22.3 Å². The molecule has 1 N–H and O–H groups in total. The number of carbonyl (C=O) groups excluding carboxylic acids is 1. The fourth-order valence-corrected chi connectivity index (χ4v) is 2.25. The first-order chi connectivity index (χ1) is 7.74. The highest BCUT2D eigenvalue weighted by Crippen LogP contribution is 2.04. The lowest BCUT2D eigenvalue weighted by Gasteiger charge is -2.32. The van der Waals surface area contributed by atoms with Gasteiger partial charge in [-0.3, -0.25) is 15.1 Å². The molecule has 2 rings (SSSR count). The maximum absolute atomic E-state index is 11.7. The van der Waals surface area contributed by atoms with Crippen LogP contribution in [-0.2, 0) is 4.79 Å². The summed E-state index contributed by atoms with van der Waals surface area (Å²) < 4.78 is 0. The normalized spacial score (nSPS) is 24.8. The summed E-state index contributed by atoms with van der Waals surface area (Å²) in [5, 5.41) is 2.04. The Bertz CT molecular complexity index is 232. The average molecular weight is 226 g/mol. The third kappa shape index (κ3) is 3.43. The number of amides is 1. The molecule has 0 atom stereocenters. The van der Waals surface area contributed by atoms with Crippen LogP contribution in [-0.4, -0.2) is 73.6 Å². The van der Waals surface area contributed by atoms with Crippen molar-refractivity contribution in [2.45, 2.75) is 12.8 Å². The number of carbonyl (C=O) groups is 1. The van der Waals surface area contributed by atoms with Crippen molar-refractivity contribution in [2.24, 2.45) is 0 Å². The molecule has 16 heavy (non-hydrogen) atoms. The molecule has 1 amide bonds. The predicted octanol–water partition coefficient (Wildman–Crippen LogP) is -0.639. The smallest absolute Gasteiger partial charge is 0.248 e. The van der Waals surface area contributed by atoms with E-state index in [-0.39, 0.29) is 5.91 Å². The Morgan fingerprint density at radius 3 is 2.31 bits per heavy atom. The van der Waals surface area contributed by atoms with Crippen LogP contribution in [0.25, 0.3) is 0 Å². The molecule has 0 aromatic heterocycles.